The third-order valence-corrected chi connectivity index (χ3v) is 3.99. The van der Waals surface area contributed by atoms with E-state index in [9.17, 15) is 4.79 Å². The van der Waals surface area contributed by atoms with Gasteiger partial charge in [-0.05, 0) is 54.8 Å². The molecule has 4 heteroatoms. The normalized spacial score (nSPS) is 11.8. The molecule has 116 valence electrons. The fourth-order valence-corrected chi connectivity index (χ4v) is 2.51. The largest absolute Gasteiger partial charge is 0.388 e. The van der Waals surface area contributed by atoms with Gasteiger partial charge in [-0.3, -0.25) is 4.79 Å². The Morgan fingerprint density at radius 3 is 2.45 bits per heavy atom. The van der Waals surface area contributed by atoms with Crippen molar-refractivity contribution in [2.24, 2.45) is 0 Å². The molecule has 0 heterocycles. The Kier molecular flexibility index (Phi) is 5.45. The van der Waals surface area contributed by atoms with Crippen LogP contribution in [-0.4, -0.2) is 13.0 Å². The minimum atomic E-state index is -0.0973. The van der Waals surface area contributed by atoms with E-state index in [4.69, 9.17) is 11.6 Å². The van der Waals surface area contributed by atoms with Gasteiger partial charge in [-0.25, -0.2) is 0 Å². The van der Waals surface area contributed by atoms with Crippen LogP contribution in [0.15, 0.2) is 42.5 Å². The lowest BCUT2D eigenvalue weighted by atomic mass is 10.0. The number of carbonyl (C=O) groups excluding carboxylic acids is 1. The molecule has 22 heavy (non-hydrogen) atoms. The van der Waals surface area contributed by atoms with Gasteiger partial charge in [0.2, 0.25) is 0 Å². The van der Waals surface area contributed by atoms with Crippen molar-refractivity contribution in [1.82, 2.24) is 5.32 Å². The minimum absolute atomic E-state index is 0.0561. The summed E-state index contributed by atoms with van der Waals surface area (Å²) in [5, 5.41) is 6.83. The third-order valence-electron chi connectivity index (χ3n) is 3.73. The van der Waals surface area contributed by atoms with E-state index in [0.29, 0.717) is 10.6 Å². The molecule has 0 aliphatic carbocycles. The first-order chi connectivity index (χ1) is 10.5. The maximum Gasteiger partial charge on any atom is 0.251 e. The molecule has 0 aromatic heterocycles. The Morgan fingerprint density at radius 1 is 1.18 bits per heavy atom. The van der Waals surface area contributed by atoms with Crippen LogP contribution in [0.4, 0.5) is 5.69 Å². The van der Waals surface area contributed by atoms with E-state index < -0.39 is 0 Å². The van der Waals surface area contributed by atoms with Crippen LogP contribution in [-0.2, 0) is 6.42 Å². The van der Waals surface area contributed by atoms with Crippen LogP contribution >= 0.6 is 11.6 Å². The summed E-state index contributed by atoms with van der Waals surface area (Å²) >= 11 is 5.84. The molecule has 0 aliphatic rings. The average Bonchev–Trinajstić information content (AvgIpc) is 2.54. The van der Waals surface area contributed by atoms with Crippen molar-refractivity contribution in [2.45, 2.75) is 26.3 Å². The van der Waals surface area contributed by atoms with Crippen molar-refractivity contribution >= 4 is 23.2 Å². The SMILES string of the molecule is CCc1cc(C(C)NC(=O)c2ccc(Cl)cc2)ccc1NC. The minimum Gasteiger partial charge on any atom is -0.388 e. The fourth-order valence-electron chi connectivity index (χ4n) is 2.38. The molecule has 1 amide bonds. The lowest BCUT2D eigenvalue weighted by Crippen LogP contribution is -2.26. The topological polar surface area (TPSA) is 41.1 Å². The Morgan fingerprint density at radius 2 is 1.86 bits per heavy atom. The summed E-state index contributed by atoms with van der Waals surface area (Å²) in [6, 6.07) is 13.1. The molecule has 2 aromatic rings. The highest BCUT2D eigenvalue weighted by Gasteiger charge is 2.12. The summed E-state index contributed by atoms with van der Waals surface area (Å²) in [7, 11) is 1.92. The Labute approximate surface area is 136 Å². The van der Waals surface area contributed by atoms with Gasteiger partial charge < -0.3 is 10.6 Å². The Balaban J connectivity index is 2.13. The van der Waals surface area contributed by atoms with Crippen molar-refractivity contribution in [2.75, 3.05) is 12.4 Å². The van der Waals surface area contributed by atoms with E-state index >= 15 is 0 Å². The molecule has 0 saturated heterocycles. The van der Waals surface area contributed by atoms with Crippen LogP contribution in [0.5, 0.6) is 0 Å². The second-order valence-corrected chi connectivity index (χ2v) is 5.66. The zero-order chi connectivity index (χ0) is 16.1. The van der Waals surface area contributed by atoms with Gasteiger partial charge in [-0.1, -0.05) is 30.7 Å². The summed E-state index contributed by atoms with van der Waals surface area (Å²) in [6.45, 7) is 4.11. The molecule has 3 nitrogen and oxygen atoms in total. The summed E-state index contributed by atoms with van der Waals surface area (Å²) < 4.78 is 0. The van der Waals surface area contributed by atoms with Crippen molar-refractivity contribution in [3.8, 4) is 0 Å². The lowest BCUT2D eigenvalue weighted by molar-refractivity contribution is 0.0940. The van der Waals surface area contributed by atoms with Gasteiger partial charge in [-0.15, -0.1) is 0 Å². The number of hydrogen-bond acceptors (Lipinski definition) is 2. The number of amides is 1. The summed E-state index contributed by atoms with van der Waals surface area (Å²) in [5.74, 6) is -0.0973. The first-order valence-corrected chi connectivity index (χ1v) is 7.80. The maximum atomic E-state index is 12.3. The number of anilines is 1. The van der Waals surface area contributed by atoms with E-state index in [2.05, 4.69) is 29.7 Å². The van der Waals surface area contributed by atoms with Gasteiger partial charge in [-0.2, -0.15) is 0 Å². The molecule has 0 spiro atoms. The molecule has 0 saturated carbocycles. The molecule has 0 fully saturated rings. The quantitative estimate of drug-likeness (QED) is 0.856. The third kappa shape index (κ3) is 3.80. The van der Waals surface area contributed by atoms with E-state index in [0.717, 1.165) is 17.7 Å². The van der Waals surface area contributed by atoms with Crippen LogP contribution in [0.2, 0.25) is 5.02 Å². The number of nitrogens with one attached hydrogen (secondary N) is 2. The summed E-state index contributed by atoms with van der Waals surface area (Å²) in [6.07, 6.45) is 0.946. The highest BCUT2D eigenvalue weighted by molar-refractivity contribution is 6.30. The molecule has 2 aromatic carbocycles. The van der Waals surface area contributed by atoms with Crippen molar-refractivity contribution in [1.29, 1.82) is 0 Å². The van der Waals surface area contributed by atoms with E-state index in [1.54, 1.807) is 24.3 Å². The molecule has 2 N–H and O–H groups in total. The number of carbonyl (C=O) groups is 1. The number of benzene rings is 2. The van der Waals surface area contributed by atoms with Gasteiger partial charge in [0, 0.05) is 23.3 Å². The molecule has 1 atom stereocenters. The Bertz CT molecular complexity index is 653. The van der Waals surface area contributed by atoms with Gasteiger partial charge in [0.05, 0.1) is 6.04 Å². The van der Waals surface area contributed by atoms with E-state index in [1.807, 2.05) is 20.0 Å². The first-order valence-electron chi connectivity index (χ1n) is 7.42. The second-order valence-electron chi connectivity index (χ2n) is 5.22. The van der Waals surface area contributed by atoms with Gasteiger partial charge in [0.25, 0.3) is 5.91 Å². The second kappa shape index (κ2) is 7.32. The smallest absolute Gasteiger partial charge is 0.251 e. The fraction of sp³-hybridized carbons (Fsp3) is 0.278. The number of halogens is 1. The molecule has 0 aliphatic heterocycles. The monoisotopic (exact) mass is 316 g/mol. The predicted octanol–water partition coefficient (Wildman–Crippen LogP) is 4.44. The predicted molar refractivity (Wildman–Crippen MR) is 92.7 cm³/mol. The van der Waals surface area contributed by atoms with Crippen molar-refractivity contribution in [3.05, 3.63) is 64.2 Å². The first kappa shape index (κ1) is 16.4. The van der Waals surface area contributed by atoms with Crippen LogP contribution in [0, 0.1) is 0 Å². The van der Waals surface area contributed by atoms with Crippen molar-refractivity contribution in [3.63, 3.8) is 0 Å². The number of hydrogen-bond donors (Lipinski definition) is 2. The van der Waals surface area contributed by atoms with Crippen LogP contribution in [0.25, 0.3) is 0 Å². The maximum absolute atomic E-state index is 12.3. The number of aryl methyl sites for hydroxylation is 1. The summed E-state index contributed by atoms with van der Waals surface area (Å²) in [5.41, 5.74) is 4.08. The van der Waals surface area contributed by atoms with Crippen LogP contribution in [0.1, 0.15) is 41.4 Å². The van der Waals surface area contributed by atoms with E-state index in [1.165, 1.54) is 5.56 Å². The lowest BCUT2D eigenvalue weighted by Gasteiger charge is -2.17. The van der Waals surface area contributed by atoms with Gasteiger partial charge >= 0.3 is 0 Å². The average molecular weight is 317 g/mol. The van der Waals surface area contributed by atoms with Crippen LogP contribution in [0.3, 0.4) is 0 Å². The molecular weight excluding hydrogens is 296 g/mol. The van der Waals surface area contributed by atoms with Crippen LogP contribution < -0.4 is 10.6 Å². The zero-order valence-corrected chi connectivity index (χ0v) is 13.9. The summed E-state index contributed by atoms with van der Waals surface area (Å²) in [4.78, 5) is 12.3. The van der Waals surface area contributed by atoms with E-state index in [-0.39, 0.29) is 11.9 Å². The molecular formula is C18H21ClN2O. The Hall–Kier alpha value is -2.00. The highest BCUT2D eigenvalue weighted by atomic mass is 35.5. The highest BCUT2D eigenvalue weighted by Crippen LogP contribution is 2.22. The van der Waals surface area contributed by atoms with Gasteiger partial charge in [0.1, 0.15) is 0 Å². The zero-order valence-electron chi connectivity index (χ0n) is 13.1. The van der Waals surface area contributed by atoms with Gasteiger partial charge in [0.15, 0.2) is 0 Å². The molecule has 0 bridgehead atoms. The molecule has 0 radical (unpaired) electrons. The standard InChI is InChI=1S/C18H21ClN2O/c1-4-13-11-15(7-10-17(13)20-3)12(2)21-18(22)14-5-8-16(19)9-6-14/h5-12,20H,4H2,1-3H3,(H,21,22). The molecule has 2 rings (SSSR count). The van der Waals surface area contributed by atoms with Crippen molar-refractivity contribution < 1.29 is 4.79 Å². The number of rotatable bonds is 5. The molecule has 1 unspecified atom stereocenters.